The minimum absolute atomic E-state index is 0.220. The van der Waals surface area contributed by atoms with Gasteiger partial charge in [0.05, 0.1) is 12.7 Å². The van der Waals surface area contributed by atoms with E-state index >= 15 is 0 Å². The van der Waals surface area contributed by atoms with Crippen molar-refractivity contribution in [1.82, 2.24) is 5.32 Å². The molecule has 0 aliphatic carbocycles. The summed E-state index contributed by atoms with van der Waals surface area (Å²) in [5.41, 5.74) is 0. The summed E-state index contributed by atoms with van der Waals surface area (Å²) >= 11 is 0. The molecular weight excluding hydrogens is 206 g/mol. The van der Waals surface area contributed by atoms with Crippen LogP contribution in [0.15, 0.2) is 0 Å². The van der Waals surface area contributed by atoms with E-state index in [0.29, 0.717) is 6.10 Å². The summed E-state index contributed by atoms with van der Waals surface area (Å²) in [5, 5.41) is 12.6. The van der Waals surface area contributed by atoms with Crippen molar-refractivity contribution in [3.05, 3.63) is 0 Å². The first-order valence-electron chi connectivity index (χ1n) is 5.78. The fraction of sp³-hybridized carbons (Fsp3) is 1.00. The molecule has 0 aromatic rings. The van der Waals surface area contributed by atoms with Gasteiger partial charge in [-0.05, 0) is 24.6 Å². The minimum Gasteiger partial charge on any atom is -0.413 e. The molecular formula is C11H25NO2Si. The Labute approximate surface area is 94.3 Å². The summed E-state index contributed by atoms with van der Waals surface area (Å²) in [5.74, 6) is 0. The summed E-state index contributed by atoms with van der Waals surface area (Å²) < 4.78 is 6.26. The van der Waals surface area contributed by atoms with Gasteiger partial charge in [-0.1, -0.05) is 20.8 Å². The highest BCUT2D eigenvalue weighted by Crippen LogP contribution is 2.38. The van der Waals surface area contributed by atoms with Crippen molar-refractivity contribution in [2.24, 2.45) is 0 Å². The summed E-state index contributed by atoms with van der Waals surface area (Å²) in [6.07, 6.45) is 1.24. The van der Waals surface area contributed by atoms with Crippen molar-refractivity contribution in [3.63, 3.8) is 0 Å². The molecule has 0 aromatic carbocycles. The number of rotatable bonds is 3. The Morgan fingerprint density at radius 2 is 2.00 bits per heavy atom. The summed E-state index contributed by atoms with van der Waals surface area (Å²) in [6, 6.07) is 0.236. The molecule has 15 heavy (non-hydrogen) atoms. The molecule has 0 saturated carbocycles. The minimum atomic E-state index is -1.63. The zero-order valence-electron chi connectivity index (χ0n) is 10.6. The van der Waals surface area contributed by atoms with Crippen molar-refractivity contribution in [1.29, 1.82) is 0 Å². The smallest absolute Gasteiger partial charge is 0.192 e. The van der Waals surface area contributed by atoms with E-state index in [2.05, 4.69) is 39.2 Å². The molecule has 1 saturated heterocycles. The SMILES string of the molecule is CC(C)(C)[Si](C)(C)OC1CNC(CO)C1. The van der Waals surface area contributed by atoms with E-state index in [0.717, 1.165) is 13.0 Å². The molecule has 2 N–H and O–H groups in total. The number of nitrogens with one attached hydrogen (secondary N) is 1. The van der Waals surface area contributed by atoms with Gasteiger partial charge in [-0.15, -0.1) is 0 Å². The molecule has 2 atom stereocenters. The molecule has 1 fully saturated rings. The van der Waals surface area contributed by atoms with Gasteiger partial charge in [0.2, 0.25) is 0 Å². The Balaban J connectivity index is 2.49. The molecule has 0 radical (unpaired) electrons. The van der Waals surface area contributed by atoms with Crippen molar-refractivity contribution >= 4 is 8.32 Å². The second kappa shape index (κ2) is 4.53. The first-order chi connectivity index (χ1) is 6.76. The molecule has 1 heterocycles. The second-order valence-corrected chi connectivity index (χ2v) is 10.8. The van der Waals surface area contributed by atoms with Crippen LogP contribution in [0.3, 0.4) is 0 Å². The van der Waals surface area contributed by atoms with Gasteiger partial charge in [-0.25, -0.2) is 0 Å². The van der Waals surface area contributed by atoms with E-state index in [4.69, 9.17) is 9.53 Å². The maximum absolute atomic E-state index is 9.04. The van der Waals surface area contributed by atoms with Gasteiger partial charge < -0.3 is 14.8 Å². The van der Waals surface area contributed by atoms with Gasteiger partial charge in [0, 0.05) is 12.6 Å². The molecule has 1 rings (SSSR count). The van der Waals surface area contributed by atoms with E-state index in [1.165, 1.54) is 0 Å². The highest BCUT2D eigenvalue weighted by atomic mass is 28.4. The third kappa shape index (κ3) is 3.28. The van der Waals surface area contributed by atoms with Crippen LogP contribution in [0.1, 0.15) is 27.2 Å². The maximum Gasteiger partial charge on any atom is 0.192 e. The van der Waals surface area contributed by atoms with Crippen LogP contribution < -0.4 is 5.32 Å². The van der Waals surface area contributed by atoms with Gasteiger partial charge in [-0.2, -0.15) is 0 Å². The Morgan fingerprint density at radius 1 is 1.40 bits per heavy atom. The maximum atomic E-state index is 9.04. The summed E-state index contributed by atoms with van der Waals surface area (Å²) in [7, 11) is -1.63. The lowest BCUT2D eigenvalue weighted by molar-refractivity contribution is 0.188. The predicted octanol–water partition coefficient (Wildman–Crippen LogP) is 1.73. The first kappa shape index (κ1) is 13.2. The van der Waals surface area contributed by atoms with Gasteiger partial charge in [-0.3, -0.25) is 0 Å². The molecule has 0 aromatic heterocycles. The van der Waals surface area contributed by atoms with Crippen LogP contribution in [0.2, 0.25) is 18.1 Å². The molecule has 90 valence electrons. The quantitative estimate of drug-likeness (QED) is 0.727. The summed E-state index contributed by atoms with van der Waals surface area (Å²) in [6.45, 7) is 12.4. The molecule has 0 bridgehead atoms. The van der Waals surface area contributed by atoms with Gasteiger partial charge in [0.1, 0.15) is 0 Å². The molecule has 1 aliphatic rings. The van der Waals surface area contributed by atoms with Crippen molar-refractivity contribution < 1.29 is 9.53 Å². The average molecular weight is 231 g/mol. The average Bonchev–Trinajstić information content (AvgIpc) is 2.49. The number of aliphatic hydroxyl groups is 1. The predicted molar refractivity (Wildman–Crippen MR) is 65.6 cm³/mol. The van der Waals surface area contributed by atoms with Crippen molar-refractivity contribution in [3.8, 4) is 0 Å². The lowest BCUT2D eigenvalue weighted by Gasteiger charge is -2.38. The Hall–Kier alpha value is 0.0969. The van der Waals surface area contributed by atoms with Gasteiger partial charge in [0.25, 0.3) is 0 Å². The van der Waals surface area contributed by atoms with Crippen LogP contribution in [-0.4, -0.2) is 38.7 Å². The van der Waals surface area contributed by atoms with Crippen LogP contribution >= 0.6 is 0 Å². The summed E-state index contributed by atoms with van der Waals surface area (Å²) in [4.78, 5) is 0. The van der Waals surface area contributed by atoms with E-state index in [9.17, 15) is 0 Å². The lowest BCUT2D eigenvalue weighted by atomic mass is 10.2. The Kier molecular flexibility index (Phi) is 3.98. The van der Waals surface area contributed by atoms with E-state index < -0.39 is 8.32 Å². The van der Waals surface area contributed by atoms with Crippen LogP contribution in [-0.2, 0) is 4.43 Å². The van der Waals surface area contributed by atoms with Crippen molar-refractivity contribution in [2.45, 2.75) is 57.5 Å². The number of aliphatic hydroxyl groups excluding tert-OH is 1. The highest BCUT2D eigenvalue weighted by Gasteiger charge is 2.40. The fourth-order valence-corrected chi connectivity index (χ4v) is 2.97. The van der Waals surface area contributed by atoms with Crippen LogP contribution in [0.5, 0.6) is 0 Å². The molecule has 1 aliphatic heterocycles. The van der Waals surface area contributed by atoms with Crippen molar-refractivity contribution in [2.75, 3.05) is 13.2 Å². The largest absolute Gasteiger partial charge is 0.413 e. The zero-order chi connectivity index (χ0) is 11.7. The Bertz CT molecular complexity index is 213. The topological polar surface area (TPSA) is 41.5 Å². The number of hydrogen-bond acceptors (Lipinski definition) is 3. The normalized spacial score (nSPS) is 28.4. The van der Waals surface area contributed by atoms with Gasteiger partial charge in [0.15, 0.2) is 8.32 Å². The molecule has 3 nitrogen and oxygen atoms in total. The Morgan fingerprint density at radius 3 is 2.40 bits per heavy atom. The lowest BCUT2D eigenvalue weighted by Crippen LogP contribution is -2.44. The zero-order valence-corrected chi connectivity index (χ0v) is 11.6. The molecule has 2 unspecified atom stereocenters. The third-order valence-electron chi connectivity index (χ3n) is 3.67. The van der Waals surface area contributed by atoms with E-state index in [-0.39, 0.29) is 17.7 Å². The standard InChI is InChI=1S/C11H25NO2Si/c1-11(2,3)15(4,5)14-10-6-9(8-13)12-7-10/h9-10,12-13H,6-8H2,1-5H3. The monoisotopic (exact) mass is 231 g/mol. The fourth-order valence-electron chi connectivity index (χ4n) is 1.60. The molecule has 0 spiro atoms. The van der Waals surface area contributed by atoms with Crippen LogP contribution in [0, 0.1) is 0 Å². The van der Waals surface area contributed by atoms with Crippen LogP contribution in [0.4, 0.5) is 0 Å². The molecule has 0 amide bonds. The second-order valence-electron chi connectivity index (χ2n) is 6.02. The highest BCUT2D eigenvalue weighted by molar-refractivity contribution is 6.74. The van der Waals surface area contributed by atoms with E-state index in [1.807, 2.05) is 0 Å². The third-order valence-corrected chi connectivity index (χ3v) is 8.20. The first-order valence-corrected chi connectivity index (χ1v) is 8.69. The number of hydrogen-bond donors (Lipinski definition) is 2. The van der Waals surface area contributed by atoms with E-state index in [1.54, 1.807) is 0 Å². The molecule has 4 heteroatoms. The van der Waals surface area contributed by atoms with Gasteiger partial charge >= 0.3 is 0 Å². The van der Waals surface area contributed by atoms with Crippen LogP contribution in [0.25, 0.3) is 0 Å².